The number of likely N-dealkylation sites (tertiary alicyclic amines) is 1. The zero-order valence-corrected chi connectivity index (χ0v) is 16.5. The van der Waals surface area contributed by atoms with Crippen molar-refractivity contribution in [1.29, 1.82) is 0 Å². The highest BCUT2D eigenvalue weighted by molar-refractivity contribution is 5.83. The van der Waals surface area contributed by atoms with E-state index in [2.05, 4.69) is 26.3 Å². The van der Waals surface area contributed by atoms with Gasteiger partial charge in [0.2, 0.25) is 11.8 Å². The fourth-order valence-electron chi connectivity index (χ4n) is 4.39. The molecule has 2 aliphatic heterocycles. The topological polar surface area (TPSA) is 79.3 Å². The van der Waals surface area contributed by atoms with E-state index in [9.17, 15) is 9.59 Å². The molecule has 0 saturated carbocycles. The minimum Gasteiger partial charge on any atom is -0.355 e. The number of carbonyl (C=O) groups is 2. The van der Waals surface area contributed by atoms with E-state index in [1.54, 1.807) is 0 Å². The number of nitrogens with zero attached hydrogens (tertiary/aromatic N) is 3. The molecular weight excluding hydrogens is 354 g/mol. The van der Waals surface area contributed by atoms with E-state index in [1.165, 1.54) is 0 Å². The fraction of sp³-hybridized carbons (Fsp3) is 0.571. The molecule has 0 bridgehead atoms. The summed E-state index contributed by atoms with van der Waals surface area (Å²) in [6.07, 6.45) is 3.52. The van der Waals surface area contributed by atoms with Gasteiger partial charge in [0.1, 0.15) is 5.82 Å². The van der Waals surface area contributed by atoms with Gasteiger partial charge in [-0.1, -0.05) is 12.1 Å². The molecule has 2 atom stereocenters. The SMILES string of the molecule is Cn1c(CCNC(=O)[C@H]2CNC[C@H](C(=O)N3CCCC3)C2)nc2ccccc21. The number of rotatable bonds is 5. The highest BCUT2D eigenvalue weighted by Crippen LogP contribution is 2.21. The second-order valence-corrected chi connectivity index (χ2v) is 7.94. The van der Waals surface area contributed by atoms with Crippen LogP contribution in [0.4, 0.5) is 0 Å². The summed E-state index contributed by atoms with van der Waals surface area (Å²) in [4.78, 5) is 31.9. The van der Waals surface area contributed by atoms with Crippen LogP contribution in [0.1, 0.15) is 25.1 Å². The molecule has 1 aromatic carbocycles. The summed E-state index contributed by atoms with van der Waals surface area (Å²) in [5.41, 5.74) is 2.08. The molecular formula is C21H29N5O2. The van der Waals surface area contributed by atoms with Crippen LogP contribution in [0.2, 0.25) is 0 Å². The maximum atomic E-state index is 12.6. The van der Waals surface area contributed by atoms with Crippen LogP contribution in [0.3, 0.4) is 0 Å². The van der Waals surface area contributed by atoms with Crippen LogP contribution in [-0.2, 0) is 23.1 Å². The monoisotopic (exact) mass is 383 g/mol. The van der Waals surface area contributed by atoms with E-state index in [0.717, 1.165) is 42.8 Å². The highest BCUT2D eigenvalue weighted by atomic mass is 16.2. The van der Waals surface area contributed by atoms with Crippen molar-refractivity contribution in [3.05, 3.63) is 30.1 Å². The Morgan fingerprint density at radius 1 is 1.18 bits per heavy atom. The number of amides is 2. The Morgan fingerprint density at radius 2 is 1.93 bits per heavy atom. The molecule has 7 nitrogen and oxygen atoms in total. The second-order valence-electron chi connectivity index (χ2n) is 7.94. The number of nitrogens with one attached hydrogen (secondary N) is 2. The Kier molecular flexibility index (Phi) is 5.62. The Bertz CT molecular complexity index is 856. The molecule has 0 spiro atoms. The van der Waals surface area contributed by atoms with Crippen LogP contribution in [0, 0.1) is 11.8 Å². The normalized spacial score (nSPS) is 22.5. The lowest BCUT2D eigenvalue weighted by Gasteiger charge is -2.31. The number of imidazole rings is 1. The number of carbonyl (C=O) groups excluding carboxylic acids is 2. The summed E-state index contributed by atoms with van der Waals surface area (Å²) < 4.78 is 2.08. The van der Waals surface area contributed by atoms with Gasteiger partial charge >= 0.3 is 0 Å². The van der Waals surface area contributed by atoms with Crippen molar-refractivity contribution in [1.82, 2.24) is 25.1 Å². The third-order valence-electron chi connectivity index (χ3n) is 6.02. The van der Waals surface area contributed by atoms with Crippen molar-refractivity contribution in [2.75, 3.05) is 32.7 Å². The largest absolute Gasteiger partial charge is 0.355 e. The van der Waals surface area contributed by atoms with Gasteiger partial charge in [0, 0.05) is 46.2 Å². The van der Waals surface area contributed by atoms with Gasteiger partial charge in [0.05, 0.1) is 22.9 Å². The first-order valence-corrected chi connectivity index (χ1v) is 10.3. The lowest BCUT2D eigenvalue weighted by atomic mass is 9.89. The van der Waals surface area contributed by atoms with Crippen molar-refractivity contribution < 1.29 is 9.59 Å². The van der Waals surface area contributed by atoms with Gasteiger partial charge in [-0.2, -0.15) is 0 Å². The van der Waals surface area contributed by atoms with Crippen LogP contribution < -0.4 is 10.6 Å². The predicted molar refractivity (Wildman–Crippen MR) is 108 cm³/mol. The molecule has 0 radical (unpaired) electrons. The molecule has 0 unspecified atom stereocenters. The van der Waals surface area contributed by atoms with Crippen molar-refractivity contribution in [2.45, 2.75) is 25.7 Å². The van der Waals surface area contributed by atoms with Gasteiger partial charge in [-0.3, -0.25) is 9.59 Å². The zero-order valence-electron chi connectivity index (χ0n) is 16.5. The first kappa shape index (κ1) is 18.9. The molecule has 2 fully saturated rings. The summed E-state index contributed by atoms with van der Waals surface area (Å²) >= 11 is 0. The Hall–Kier alpha value is -2.41. The molecule has 28 heavy (non-hydrogen) atoms. The van der Waals surface area contributed by atoms with Gasteiger partial charge in [0.25, 0.3) is 0 Å². The Labute approximate surface area is 165 Å². The minimum atomic E-state index is -0.147. The number of benzene rings is 1. The Balaban J connectivity index is 1.29. The number of aromatic nitrogens is 2. The molecule has 1 aromatic heterocycles. The number of fused-ring (bicyclic) bond motifs is 1. The standard InChI is InChI=1S/C21H29N5O2/c1-25-18-7-3-2-6-17(18)24-19(25)8-9-23-20(27)15-12-16(14-22-13-15)21(28)26-10-4-5-11-26/h2-3,6-7,15-16,22H,4-5,8-14H2,1H3,(H,23,27)/t15-,16-/m1/s1. The number of aryl methyl sites for hydroxylation is 1. The van der Waals surface area contributed by atoms with Crippen LogP contribution in [0.5, 0.6) is 0 Å². The maximum Gasteiger partial charge on any atom is 0.226 e. The second kappa shape index (κ2) is 8.31. The quantitative estimate of drug-likeness (QED) is 0.810. The van der Waals surface area contributed by atoms with E-state index >= 15 is 0 Å². The van der Waals surface area contributed by atoms with Crippen LogP contribution >= 0.6 is 0 Å². The van der Waals surface area contributed by atoms with Crippen LogP contribution in [0.15, 0.2) is 24.3 Å². The van der Waals surface area contributed by atoms with Crippen molar-refractivity contribution in [3.8, 4) is 0 Å². The molecule has 2 saturated heterocycles. The molecule has 4 rings (SSSR count). The lowest BCUT2D eigenvalue weighted by Crippen LogP contribution is -2.49. The summed E-state index contributed by atoms with van der Waals surface area (Å²) in [7, 11) is 2.01. The molecule has 2 amide bonds. The average Bonchev–Trinajstić information content (AvgIpc) is 3.37. The third-order valence-corrected chi connectivity index (χ3v) is 6.02. The third kappa shape index (κ3) is 3.90. The first-order valence-electron chi connectivity index (χ1n) is 10.3. The van der Waals surface area contributed by atoms with E-state index in [1.807, 2.05) is 30.1 Å². The average molecular weight is 383 g/mol. The molecule has 0 aliphatic carbocycles. The molecule has 7 heteroatoms. The van der Waals surface area contributed by atoms with E-state index in [4.69, 9.17) is 0 Å². The van der Waals surface area contributed by atoms with Gasteiger partial charge in [-0.25, -0.2) is 4.98 Å². The number of hydrogen-bond donors (Lipinski definition) is 2. The van der Waals surface area contributed by atoms with Crippen molar-refractivity contribution >= 4 is 22.8 Å². The summed E-state index contributed by atoms with van der Waals surface area (Å²) in [6.45, 7) is 3.60. The summed E-state index contributed by atoms with van der Waals surface area (Å²) in [5, 5.41) is 6.32. The zero-order chi connectivity index (χ0) is 19.5. The van der Waals surface area contributed by atoms with E-state index < -0.39 is 0 Å². The summed E-state index contributed by atoms with van der Waals surface area (Å²) in [6, 6.07) is 8.04. The summed E-state index contributed by atoms with van der Waals surface area (Å²) in [5.74, 6) is 0.978. The van der Waals surface area contributed by atoms with Gasteiger partial charge in [0.15, 0.2) is 0 Å². The smallest absolute Gasteiger partial charge is 0.226 e. The minimum absolute atomic E-state index is 0.0326. The van der Waals surface area contributed by atoms with Crippen molar-refractivity contribution in [2.24, 2.45) is 18.9 Å². The molecule has 2 aliphatic rings. The molecule has 2 aromatic rings. The van der Waals surface area contributed by atoms with Crippen LogP contribution in [-0.4, -0.2) is 59.0 Å². The highest BCUT2D eigenvalue weighted by Gasteiger charge is 2.33. The Morgan fingerprint density at radius 3 is 2.71 bits per heavy atom. The lowest BCUT2D eigenvalue weighted by molar-refractivity contribution is -0.136. The molecule has 3 heterocycles. The number of para-hydroxylation sites is 2. The molecule has 2 N–H and O–H groups in total. The van der Waals surface area contributed by atoms with E-state index in [-0.39, 0.29) is 23.7 Å². The van der Waals surface area contributed by atoms with Crippen molar-refractivity contribution in [3.63, 3.8) is 0 Å². The maximum absolute atomic E-state index is 12.6. The van der Waals surface area contributed by atoms with E-state index in [0.29, 0.717) is 32.5 Å². The first-order chi connectivity index (χ1) is 13.6. The number of piperidine rings is 1. The molecule has 150 valence electrons. The fourth-order valence-corrected chi connectivity index (χ4v) is 4.39. The van der Waals surface area contributed by atoms with Gasteiger partial charge in [-0.15, -0.1) is 0 Å². The van der Waals surface area contributed by atoms with Crippen LogP contribution in [0.25, 0.3) is 11.0 Å². The van der Waals surface area contributed by atoms with Gasteiger partial charge < -0.3 is 20.1 Å². The predicted octanol–water partition coefficient (Wildman–Crippen LogP) is 1.08. The number of hydrogen-bond acceptors (Lipinski definition) is 4. The van der Waals surface area contributed by atoms with Gasteiger partial charge in [-0.05, 0) is 31.4 Å².